The van der Waals surface area contributed by atoms with Crippen molar-refractivity contribution in [2.45, 2.75) is 76.0 Å². The van der Waals surface area contributed by atoms with E-state index in [0.29, 0.717) is 12.8 Å². The zero-order chi connectivity index (χ0) is 29.1. The molecule has 0 spiro atoms. The summed E-state index contributed by atoms with van der Waals surface area (Å²) in [7, 11) is 0. The van der Waals surface area contributed by atoms with Crippen molar-refractivity contribution in [2.75, 3.05) is 0 Å². The van der Waals surface area contributed by atoms with Crippen molar-refractivity contribution in [1.82, 2.24) is 5.32 Å². The molecular weight excluding hydrogens is 645 g/mol. The summed E-state index contributed by atoms with van der Waals surface area (Å²) < 4.78 is 62.1. The lowest BCUT2D eigenvalue weighted by Gasteiger charge is -2.53. The molecule has 1 saturated carbocycles. The highest BCUT2D eigenvalue weighted by atomic mass is 79.9. The van der Waals surface area contributed by atoms with Crippen LogP contribution in [0.2, 0.25) is 15.1 Å². The normalized spacial score (nSPS) is 29.1. The van der Waals surface area contributed by atoms with Crippen LogP contribution in [0.15, 0.2) is 34.8 Å². The molecule has 1 aliphatic carbocycles. The average Bonchev–Trinajstić information content (AvgIpc) is 3.20. The summed E-state index contributed by atoms with van der Waals surface area (Å²) in [5.74, 6) is -4.98. The summed E-state index contributed by atoms with van der Waals surface area (Å²) in [6.45, 7) is 5.09. The second-order valence-electron chi connectivity index (χ2n) is 11.3. The molecule has 0 aromatic heterocycles. The summed E-state index contributed by atoms with van der Waals surface area (Å²) in [4.78, 5) is 13.4. The van der Waals surface area contributed by atoms with E-state index in [1.807, 2.05) is 6.92 Å². The van der Waals surface area contributed by atoms with Crippen LogP contribution in [-0.2, 0) is 15.7 Å². The molecule has 1 saturated heterocycles. The van der Waals surface area contributed by atoms with Crippen molar-refractivity contribution >= 4 is 56.7 Å². The van der Waals surface area contributed by atoms with Gasteiger partial charge in [-0.1, -0.05) is 80.9 Å². The molecule has 0 bridgehead atoms. The highest BCUT2D eigenvalue weighted by molar-refractivity contribution is 9.10. The number of carbonyl (C=O) groups is 1. The summed E-state index contributed by atoms with van der Waals surface area (Å²) in [6, 6.07) is 4.71. The Hall–Kier alpha value is -1.06. The van der Waals surface area contributed by atoms with Gasteiger partial charge in [-0.05, 0) is 75.5 Å². The van der Waals surface area contributed by atoms with Gasteiger partial charge in [0.05, 0.1) is 31.0 Å². The van der Waals surface area contributed by atoms with Gasteiger partial charge in [0.2, 0.25) is 0 Å². The van der Waals surface area contributed by atoms with Gasteiger partial charge in [0.1, 0.15) is 11.2 Å². The van der Waals surface area contributed by atoms with Crippen LogP contribution in [0, 0.1) is 23.1 Å². The molecule has 39 heavy (non-hydrogen) atoms. The lowest BCUT2D eigenvalue weighted by atomic mass is 9.51. The number of alkyl halides is 3. The van der Waals surface area contributed by atoms with Crippen LogP contribution in [0.4, 0.5) is 17.6 Å². The van der Waals surface area contributed by atoms with Crippen LogP contribution < -0.4 is 5.32 Å². The highest BCUT2D eigenvalue weighted by Gasteiger charge is 2.79. The maximum Gasteiger partial charge on any atom is 0.400 e. The fourth-order valence-electron chi connectivity index (χ4n) is 7.27. The average molecular weight is 674 g/mol. The molecule has 2 N–H and O–H groups in total. The monoisotopic (exact) mass is 671 g/mol. The Morgan fingerprint density at radius 2 is 1.62 bits per heavy atom. The first kappa shape index (κ1) is 30.9. The van der Waals surface area contributed by atoms with Crippen molar-refractivity contribution in [3.63, 3.8) is 0 Å². The topological polar surface area (TPSA) is 49.3 Å². The predicted octanol–water partition coefficient (Wildman–Crippen LogP) is 9.54. The van der Waals surface area contributed by atoms with Crippen LogP contribution in [0.3, 0.4) is 0 Å². The second-order valence-corrected chi connectivity index (χ2v) is 13.4. The zero-order valence-corrected chi connectivity index (χ0v) is 25.4. The summed E-state index contributed by atoms with van der Waals surface area (Å²) in [6.07, 6.45) is -1.77. The van der Waals surface area contributed by atoms with E-state index in [1.165, 1.54) is 12.1 Å². The first-order valence-corrected chi connectivity index (χ1v) is 14.6. The number of benzene rings is 2. The molecular formula is C28H29BrCl3F4NO2. The molecule has 1 aliphatic heterocycles. The molecule has 2 aliphatic rings. The first-order valence-electron chi connectivity index (χ1n) is 12.7. The van der Waals surface area contributed by atoms with Crippen LogP contribution >= 0.6 is 50.7 Å². The van der Waals surface area contributed by atoms with E-state index in [1.54, 1.807) is 13.8 Å². The maximum atomic E-state index is 15.9. The van der Waals surface area contributed by atoms with Crippen molar-refractivity contribution in [2.24, 2.45) is 17.3 Å². The minimum absolute atomic E-state index is 0.0351. The van der Waals surface area contributed by atoms with Crippen LogP contribution in [0.25, 0.3) is 0 Å². The van der Waals surface area contributed by atoms with E-state index in [4.69, 9.17) is 34.8 Å². The Morgan fingerprint density at radius 1 is 1.05 bits per heavy atom. The molecule has 2 unspecified atom stereocenters. The van der Waals surface area contributed by atoms with Crippen LogP contribution in [0.1, 0.15) is 64.0 Å². The molecule has 3 nitrogen and oxygen atoms in total. The molecule has 4 atom stereocenters. The van der Waals surface area contributed by atoms with Crippen LogP contribution in [0.5, 0.6) is 0 Å². The number of nitrogens with one attached hydrogen (secondary N) is 1. The van der Waals surface area contributed by atoms with E-state index in [9.17, 15) is 14.3 Å². The van der Waals surface area contributed by atoms with Crippen molar-refractivity contribution in [3.8, 4) is 0 Å². The van der Waals surface area contributed by atoms with Gasteiger partial charge >= 0.3 is 12.1 Å². The number of carboxylic acids is 1. The van der Waals surface area contributed by atoms with Crippen molar-refractivity contribution < 1.29 is 27.5 Å². The molecule has 0 amide bonds. The van der Waals surface area contributed by atoms with E-state index in [2.05, 4.69) is 21.2 Å². The third-order valence-electron chi connectivity index (χ3n) is 8.89. The summed E-state index contributed by atoms with van der Waals surface area (Å²) >= 11 is 21.8. The zero-order valence-electron chi connectivity index (χ0n) is 21.5. The third kappa shape index (κ3) is 4.61. The van der Waals surface area contributed by atoms with Crippen LogP contribution in [-0.4, -0.2) is 23.3 Å². The number of hydrogen-bond donors (Lipinski definition) is 2. The molecule has 2 aromatic rings. The lowest BCUT2D eigenvalue weighted by Crippen LogP contribution is -2.61. The van der Waals surface area contributed by atoms with E-state index >= 15 is 13.2 Å². The van der Waals surface area contributed by atoms with Gasteiger partial charge < -0.3 is 10.4 Å². The second kappa shape index (κ2) is 10.6. The number of hydrogen-bond acceptors (Lipinski definition) is 2. The third-order valence-corrected chi connectivity index (χ3v) is 10.7. The van der Waals surface area contributed by atoms with Gasteiger partial charge in [-0.3, -0.25) is 4.79 Å². The van der Waals surface area contributed by atoms with E-state index in [-0.39, 0.29) is 30.7 Å². The SMILES string of the molecule is CC(C)[C@@H]1N[C@@](c2ccc(F)c(Br)c2)(C2(C)CCCCC2)C(C(=O)O)C1(c1cc(Cl)c(Cl)c(Cl)c1)C(F)(F)F. The number of aliphatic carboxylic acids is 1. The summed E-state index contributed by atoms with van der Waals surface area (Å²) in [5, 5.41) is 13.7. The summed E-state index contributed by atoms with van der Waals surface area (Å²) in [5.41, 5.74) is -5.73. The van der Waals surface area contributed by atoms with E-state index in [0.717, 1.165) is 37.5 Å². The van der Waals surface area contributed by atoms with Gasteiger partial charge in [0.15, 0.2) is 0 Å². The number of halogens is 8. The Bertz CT molecular complexity index is 1260. The molecule has 4 rings (SSSR count). The Balaban J connectivity index is 2.21. The molecule has 2 fully saturated rings. The van der Waals surface area contributed by atoms with Gasteiger partial charge in [0, 0.05) is 6.04 Å². The van der Waals surface area contributed by atoms with Gasteiger partial charge in [-0.15, -0.1) is 0 Å². The lowest BCUT2D eigenvalue weighted by molar-refractivity contribution is -0.218. The van der Waals surface area contributed by atoms with Gasteiger partial charge in [-0.25, -0.2) is 4.39 Å². The molecule has 214 valence electrons. The highest BCUT2D eigenvalue weighted by Crippen LogP contribution is 2.67. The maximum absolute atomic E-state index is 15.9. The van der Waals surface area contributed by atoms with Crippen molar-refractivity contribution in [1.29, 1.82) is 0 Å². The number of carboxylic acid groups (broad SMARTS) is 1. The Labute approximate surface area is 248 Å². The minimum Gasteiger partial charge on any atom is -0.481 e. The molecule has 11 heteroatoms. The minimum atomic E-state index is -5.07. The first-order chi connectivity index (χ1) is 18.0. The van der Waals surface area contributed by atoms with Crippen molar-refractivity contribution in [3.05, 3.63) is 66.8 Å². The Morgan fingerprint density at radius 3 is 2.08 bits per heavy atom. The van der Waals surface area contributed by atoms with Gasteiger partial charge in [-0.2, -0.15) is 13.2 Å². The Kier molecular flexibility index (Phi) is 8.43. The molecule has 2 aromatic carbocycles. The smallest absolute Gasteiger partial charge is 0.400 e. The quantitative estimate of drug-likeness (QED) is 0.246. The number of rotatable bonds is 5. The fraction of sp³-hybridized carbons (Fsp3) is 0.536. The van der Waals surface area contributed by atoms with E-state index < -0.39 is 52.2 Å². The fourth-order valence-corrected chi connectivity index (χ4v) is 8.24. The van der Waals surface area contributed by atoms with Gasteiger partial charge in [0.25, 0.3) is 0 Å². The predicted molar refractivity (Wildman–Crippen MR) is 149 cm³/mol. The standard InChI is InChI=1S/C28H29BrCl3F4NO2/c1-14(2)23-26(28(34,35)36,16-12-18(30)21(32)19(31)13-16)22(24(38)39)27(37-23,25(3)9-5-4-6-10-25)15-7-8-20(33)17(29)11-15/h7-8,11-14,22-23,37H,4-6,9-10H2,1-3H3,(H,38,39)/t22?,23-,26?,27+/m0/s1. The molecule has 0 radical (unpaired) electrons. The largest absolute Gasteiger partial charge is 0.481 e. The molecule has 1 heterocycles.